The minimum atomic E-state index is 0.588. The van der Waals surface area contributed by atoms with E-state index in [1.54, 1.807) is 0 Å². The van der Waals surface area contributed by atoms with Crippen LogP contribution in [0.5, 0.6) is 0 Å². The third kappa shape index (κ3) is 3.36. The summed E-state index contributed by atoms with van der Waals surface area (Å²) in [5, 5.41) is 3.32. The number of benzene rings is 1. The number of hydrogen-bond acceptors (Lipinski definition) is 2. The van der Waals surface area contributed by atoms with E-state index in [-0.39, 0.29) is 0 Å². The smallest absolute Gasteiger partial charge is 0.0414 e. The monoisotopic (exact) mass is 244 g/mol. The molecule has 2 heteroatoms. The van der Waals surface area contributed by atoms with Crippen LogP contribution in [0.2, 0.25) is 0 Å². The standard InChI is InChI=1S/C16H24N2/c1-14-7-6-12-18(14)16(13-17-2)11-10-15-8-4-3-5-9-15/h3-5,8-9,16-17H,1,6-7,10-13H2,2H3. The molecule has 1 saturated heterocycles. The van der Waals surface area contributed by atoms with Gasteiger partial charge in [0.15, 0.2) is 0 Å². The average molecular weight is 244 g/mol. The van der Waals surface area contributed by atoms with Gasteiger partial charge in [-0.15, -0.1) is 0 Å². The molecule has 0 aliphatic carbocycles. The van der Waals surface area contributed by atoms with Gasteiger partial charge in [-0.3, -0.25) is 0 Å². The number of aryl methyl sites for hydroxylation is 1. The molecule has 1 aromatic rings. The van der Waals surface area contributed by atoms with Crippen LogP contribution in [0.1, 0.15) is 24.8 Å². The van der Waals surface area contributed by atoms with Crippen LogP contribution in [-0.2, 0) is 6.42 Å². The summed E-state index contributed by atoms with van der Waals surface area (Å²) in [6.07, 6.45) is 4.79. The van der Waals surface area contributed by atoms with Gasteiger partial charge in [-0.25, -0.2) is 0 Å². The number of hydrogen-bond donors (Lipinski definition) is 1. The van der Waals surface area contributed by atoms with E-state index >= 15 is 0 Å². The predicted molar refractivity (Wildman–Crippen MR) is 77.6 cm³/mol. The number of likely N-dealkylation sites (tertiary alicyclic amines) is 1. The third-order valence-corrected chi connectivity index (χ3v) is 3.76. The SMILES string of the molecule is C=C1CCCN1C(CCc1ccccc1)CNC. The number of nitrogens with one attached hydrogen (secondary N) is 1. The Morgan fingerprint density at radius 1 is 1.33 bits per heavy atom. The summed E-state index contributed by atoms with van der Waals surface area (Å²) in [5.74, 6) is 0. The molecule has 1 unspecified atom stereocenters. The van der Waals surface area contributed by atoms with Crippen molar-refractivity contribution in [3.63, 3.8) is 0 Å². The highest BCUT2D eigenvalue weighted by molar-refractivity contribution is 5.15. The van der Waals surface area contributed by atoms with Crippen molar-refractivity contribution in [2.24, 2.45) is 0 Å². The molecule has 0 bridgehead atoms. The Balaban J connectivity index is 1.92. The first-order valence-corrected chi connectivity index (χ1v) is 6.94. The second kappa shape index (κ2) is 6.60. The van der Waals surface area contributed by atoms with E-state index in [1.165, 1.54) is 37.1 Å². The van der Waals surface area contributed by atoms with Crippen molar-refractivity contribution in [1.82, 2.24) is 10.2 Å². The van der Waals surface area contributed by atoms with Crippen LogP contribution in [-0.4, -0.2) is 31.1 Å². The van der Waals surface area contributed by atoms with Crippen molar-refractivity contribution < 1.29 is 0 Å². The predicted octanol–water partition coefficient (Wildman–Crippen LogP) is 2.82. The average Bonchev–Trinajstić information content (AvgIpc) is 2.82. The molecule has 0 aromatic heterocycles. The topological polar surface area (TPSA) is 15.3 Å². The van der Waals surface area contributed by atoms with Crippen LogP contribution in [0.4, 0.5) is 0 Å². The Bertz CT molecular complexity index is 372. The first-order chi connectivity index (χ1) is 8.81. The highest BCUT2D eigenvalue weighted by Crippen LogP contribution is 2.23. The summed E-state index contributed by atoms with van der Waals surface area (Å²) in [7, 11) is 2.04. The lowest BCUT2D eigenvalue weighted by Crippen LogP contribution is -2.39. The quantitative estimate of drug-likeness (QED) is 0.828. The summed E-state index contributed by atoms with van der Waals surface area (Å²) in [5.41, 5.74) is 2.76. The van der Waals surface area contributed by atoms with E-state index in [2.05, 4.69) is 47.1 Å². The number of allylic oxidation sites excluding steroid dienone is 1. The molecule has 1 fully saturated rings. The molecule has 2 nitrogen and oxygen atoms in total. The molecule has 0 spiro atoms. The van der Waals surface area contributed by atoms with E-state index in [1.807, 2.05) is 7.05 Å². The second-order valence-electron chi connectivity index (χ2n) is 5.10. The van der Waals surface area contributed by atoms with Gasteiger partial charge < -0.3 is 10.2 Å². The van der Waals surface area contributed by atoms with Gasteiger partial charge in [0.05, 0.1) is 0 Å². The first-order valence-electron chi connectivity index (χ1n) is 6.94. The van der Waals surface area contributed by atoms with Crippen molar-refractivity contribution in [2.45, 2.75) is 31.7 Å². The van der Waals surface area contributed by atoms with E-state index in [9.17, 15) is 0 Å². The minimum absolute atomic E-state index is 0.588. The van der Waals surface area contributed by atoms with Gasteiger partial charge >= 0.3 is 0 Å². The van der Waals surface area contributed by atoms with Gasteiger partial charge in [0.1, 0.15) is 0 Å². The largest absolute Gasteiger partial charge is 0.371 e. The number of rotatable bonds is 6. The van der Waals surface area contributed by atoms with Gasteiger partial charge in [0.25, 0.3) is 0 Å². The zero-order valence-electron chi connectivity index (χ0n) is 11.4. The lowest BCUT2D eigenvalue weighted by atomic mass is 10.0. The zero-order valence-corrected chi connectivity index (χ0v) is 11.4. The number of nitrogens with zero attached hydrogens (tertiary/aromatic N) is 1. The maximum atomic E-state index is 4.19. The van der Waals surface area contributed by atoms with E-state index < -0.39 is 0 Å². The molecule has 2 rings (SSSR count). The summed E-state index contributed by atoms with van der Waals surface area (Å²) >= 11 is 0. The molecule has 1 aromatic carbocycles. The molecule has 98 valence electrons. The summed E-state index contributed by atoms with van der Waals surface area (Å²) in [6, 6.07) is 11.3. The van der Waals surface area contributed by atoms with Gasteiger partial charge in [-0.1, -0.05) is 36.9 Å². The molecule has 1 heterocycles. The van der Waals surface area contributed by atoms with E-state index in [4.69, 9.17) is 0 Å². The molecular weight excluding hydrogens is 220 g/mol. The first kappa shape index (κ1) is 13.2. The second-order valence-corrected chi connectivity index (χ2v) is 5.10. The fourth-order valence-corrected chi connectivity index (χ4v) is 2.78. The zero-order chi connectivity index (χ0) is 12.8. The van der Waals surface area contributed by atoms with Crippen molar-refractivity contribution in [3.8, 4) is 0 Å². The van der Waals surface area contributed by atoms with Crippen LogP contribution >= 0.6 is 0 Å². The van der Waals surface area contributed by atoms with Crippen LogP contribution in [0, 0.1) is 0 Å². The maximum absolute atomic E-state index is 4.19. The molecule has 1 atom stereocenters. The molecule has 0 amide bonds. The maximum Gasteiger partial charge on any atom is 0.0414 e. The highest BCUT2D eigenvalue weighted by atomic mass is 15.2. The molecule has 1 N–H and O–H groups in total. The number of likely N-dealkylation sites (N-methyl/N-ethyl adjacent to an activating group) is 1. The van der Waals surface area contributed by atoms with E-state index in [0.29, 0.717) is 6.04 Å². The normalized spacial score (nSPS) is 17.2. The lowest BCUT2D eigenvalue weighted by molar-refractivity contribution is 0.267. The molecule has 0 saturated carbocycles. The van der Waals surface area contributed by atoms with Gasteiger partial charge in [0.2, 0.25) is 0 Å². The fourth-order valence-electron chi connectivity index (χ4n) is 2.78. The Hall–Kier alpha value is -1.28. The van der Waals surface area contributed by atoms with Crippen molar-refractivity contribution in [2.75, 3.05) is 20.1 Å². The van der Waals surface area contributed by atoms with Crippen LogP contribution < -0.4 is 5.32 Å². The molecular formula is C16H24N2. The van der Waals surface area contributed by atoms with Crippen molar-refractivity contribution in [1.29, 1.82) is 0 Å². The van der Waals surface area contributed by atoms with Gasteiger partial charge in [-0.05, 0) is 38.3 Å². The van der Waals surface area contributed by atoms with E-state index in [0.717, 1.165) is 13.0 Å². The Morgan fingerprint density at radius 2 is 2.11 bits per heavy atom. The Kier molecular flexibility index (Phi) is 4.82. The summed E-state index contributed by atoms with van der Waals surface area (Å²) < 4.78 is 0. The third-order valence-electron chi connectivity index (χ3n) is 3.76. The van der Waals surface area contributed by atoms with Crippen LogP contribution in [0.3, 0.4) is 0 Å². The van der Waals surface area contributed by atoms with Crippen LogP contribution in [0.15, 0.2) is 42.6 Å². The highest BCUT2D eigenvalue weighted by Gasteiger charge is 2.22. The fraction of sp³-hybridized carbons (Fsp3) is 0.500. The van der Waals surface area contributed by atoms with Crippen LogP contribution in [0.25, 0.3) is 0 Å². The van der Waals surface area contributed by atoms with Crippen molar-refractivity contribution in [3.05, 3.63) is 48.2 Å². The van der Waals surface area contributed by atoms with Gasteiger partial charge in [0, 0.05) is 24.8 Å². The summed E-state index contributed by atoms with van der Waals surface area (Å²) in [6.45, 7) is 6.42. The minimum Gasteiger partial charge on any atom is -0.371 e. The molecule has 1 aliphatic heterocycles. The Labute approximate surface area is 111 Å². The lowest BCUT2D eigenvalue weighted by Gasteiger charge is -2.30. The van der Waals surface area contributed by atoms with Crippen molar-refractivity contribution >= 4 is 0 Å². The van der Waals surface area contributed by atoms with Gasteiger partial charge in [-0.2, -0.15) is 0 Å². The molecule has 1 aliphatic rings. The Morgan fingerprint density at radius 3 is 2.72 bits per heavy atom. The molecule has 18 heavy (non-hydrogen) atoms. The summed E-state index contributed by atoms with van der Waals surface area (Å²) in [4.78, 5) is 2.50. The molecule has 0 radical (unpaired) electrons.